The van der Waals surface area contributed by atoms with Crippen LogP contribution in [0.15, 0.2) is 105 Å². The molecule has 0 spiro atoms. The van der Waals surface area contributed by atoms with Gasteiger partial charge in [0, 0.05) is 121 Å². The van der Waals surface area contributed by atoms with E-state index in [0.29, 0.717) is 80.7 Å². The molecule has 4 aliphatic heterocycles. The second-order valence-corrected chi connectivity index (χ2v) is 35.4. The summed E-state index contributed by atoms with van der Waals surface area (Å²) in [5, 5.41) is 15.3. The number of hydrogen-bond donors (Lipinski definition) is 7. The van der Waals surface area contributed by atoms with Gasteiger partial charge in [-0.25, -0.2) is 54.3 Å². The number of benzene rings is 1. The Balaban J connectivity index is 0.000000127. The Morgan fingerprint density at radius 2 is 0.891 bits per heavy atom. The molecule has 7 N–H and O–H groups in total. The molecular weight excluding hydrogens is 1600 g/mol. The molecule has 636 valence electrons. The van der Waals surface area contributed by atoms with Crippen LogP contribution >= 0.6 is 47.1 Å². The Bertz CT molecular complexity index is 5140. The maximum absolute atomic E-state index is 12.6. The summed E-state index contributed by atoms with van der Waals surface area (Å²) in [6.07, 6.45) is 22.8. The van der Waals surface area contributed by atoms with Crippen molar-refractivity contribution in [1.29, 1.82) is 0 Å². The molecule has 119 heavy (non-hydrogen) atoms. The third-order valence-corrected chi connectivity index (χ3v) is 25.1. The van der Waals surface area contributed by atoms with Crippen LogP contribution in [0.5, 0.6) is 17.8 Å². The van der Waals surface area contributed by atoms with Crippen molar-refractivity contribution in [3.63, 3.8) is 0 Å². The van der Waals surface area contributed by atoms with Crippen molar-refractivity contribution in [3.8, 4) is 17.8 Å². The molecule has 14 heterocycles. The molecule has 1 aromatic carbocycles. The number of hydrogen-bond acceptors (Lipinski definition) is 28. The fourth-order valence-electron chi connectivity index (χ4n) is 17.7. The fraction of sp³-hybridized carbons (Fsp3) is 0.531. The summed E-state index contributed by atoms with van der Waals surface area (Å²) in [7, 11) is 11.4. The van der Waals surface area contributed by atoms with E-state index >= 15 is 0 Å². The number of fused-ring (bicyclic) bond motifs is 8. The summed E-state index contributed by atoms with van der Waals surface area (Å²) in [6, 6.07) is 19.4. The molecule has 11 aromatic rings. The largest absolute Gasteiger partial charge is 0.466 e. The summed E-state index contributed by atoms with van der Waals surface area (Å²) < 4.78 is 33.8. The number of aromatic nitrogens is 16. The molecule has 8 aliphatic rings. The Morgan fingerprint density at radius 1 is 0.504 bits per heavy atom. The quantitative estimate of drug-likeness (QED) is 0.0320. The maximum atomic E-state index is 12.6. The van der Waals surface area contributed by atoms with E-state index in [0.717, 1.165) is 161 Å². The third-order valence-electron chi connectivity index (χ3n) is 23.5. The average Bonchev–Trinajstić information content (AvgIpc) is 1.62. The molecular formula is C81H107Cl2N25O9S2. The number of urea groups is 1. The summed E-state index contributed by atoms with van der Waals surface area (Å²) in [6.45, 7) is 18.7. The van der Waals surface area contributed by atoms with Gasteiger partial charge in [0.25, 0.3) is 0 Å². The van der Waals surface area contributed by atoms with Crippen LogP contribution in [-0.2, 0) is 20.7 Å². The number of amides is 4. The topological polar surface area (TPSA) is 388 Å². The molecule has 0 radical (unpaired) electrons. The Hall–Kier alpha value is -10.4. The Morgan fingerprint density at radius 3 is 1.29 bits per heavy atom. The number of methoxy groups -OCH3 is 2. The number of H-pyrrole nitrogens is 4. The van der Waals surface area contributed by atoms with Crippen LogP contribution in [-0.4, -0.2) is 248 Å². The molecule has 4 amide bonds. The van der Waals surface area contributed by atoms with Gasteiger partial charge in [-0.2, -0.15) is 9.97 Å². The predicted molar refractivity (Wildman–Crippen MR) is 460 cm³/mol. The van der Waals surface area contributed by atoms with E-state index in [-0.39, 0.29) is 60.6 Å². The number of aromatic amines is 4. The first-order valence-corrected chi connectivity index (χ1v) is 42.1. The highest BCUT2D eigenvalue weighted by molar-refractivity contribution is 7.10. The van der Waals surface area contributed by atoms with Gasteiger partial charge < -0.3 is 83.7 Å². The molecule has 0 bridgehead atoms. The second-order valence-electron chi connectivity index (χ2n) is 33.5. The predicted octanol–water partition coefficient (Wildman–Crippen LogP) is 12.2. The van der Waals surface area contributed by atoms with Gasteiger partial charge in [-0.05, 0) is 208 Å². The van der Waals surface area contributed by atoms with Gasteiger partial charge in [0.2, 0.25) is 5.13 Å². The number of esters is 1. The van der Waals surface area contributed by atoms with Gasteiger partial charge in [0.1, 0.15) is 92.5 Å². The highest BCUT2D eigenvalue weighted by Gasteiger charge is 2.48. The standard InChI is InChI=1S/C19H27N5O2.C18H22N8O2S.C14H19N5.C13H24N2O2.C11H10N2O3S.C6H4ClN3.ClH/c1-19(2,3)26-18(25)24-9-12-7-14(8-13(12)10-24)23(4)17-15-5-6-20-16(15)21-11-22-17;1-25(15-13-3-4-19-14(13)20-9-21-15)12-5-10-7-26(8-11(10)6-12)18(27)23-17-22-16(28-2)24-29-17;1-19(11-4-9-6-15-7-10(9)5-11)14-12-2-3-16-13(12)17-8-18-14;1-13(2,3)17-12(16)15-7-9-5-11(14-4)6-10(9)8-15;1-15-11-12-9(17-13-11)7-10(14)16-8-5-3-2-4-6-8;7-5-4-1-2-8-6(4)10-3-9-5;/h5-6,11-14H,7-10H2,1-4H3,(H,20,21,22);3-4,9-12H,5-8H2,1-2H3,(H,19,20,21)(H,22,23,24,27);2-3,8-11,15H,4-7H2,1H3,(H,16,17,18);9-11,14H,5-8H2,1-4H3;2-6H,7H2,1H3;1-3H,(H,8,9,10);1H/t12-,13+,14?;10-,11+,12?;2*9-,10+,11?;;;. The van der Waals surface area contributed by atoms with Crippen molar-refractivity contribution in [2.45, 2.75) is 135 Å². The molecule has 4 saturated heterocycles. The zero-order valence-electron chi connectivity index (χ0n) is 69.1. The van der Waals surface area contributed by atoms with E-state index in [9.17, 15) is 19.2 Å². The number of rotatable bonds is 13. The fourth-order valence-corrected chi connectivity index (χ4v) is 19.1. The number of halogens is 2. The minimum atomic E-state index is -0.438. The lowest BCUT2D eigenvalue weighted by Gasteiger charge is -2.28. The second kappa shape index (κ2) is 38.3. The molecule has 4 aliphatic carbocycles. The highest BCUT2D eigenvalue weighted by atomic mass is 35.5. The van der Waals surface area contributed by atoms with Gasteiger partial charge in [-0.15, -0.1) is 21.2 Å². The lowest BCUT2D eigenvalue weighted by molar-refractivity contribution is -0.133. The number of para-hydroxylation sites is 1. The van der Waals surface area contributed by atoms with Gasteiger partial charge >= 0.3 is 36.2 Å². The van der Waals surface area contributed by atoms with E-state index in [1.807, 2.05) is 106 Å². The van der Waals surface area contributed by atoms with Crippen molar-refractivity contribution in [2.75, 3.05) is 115 Å². The number of anilines is 4. The Labute approximate surface area is 710 Å². The first-order valence-electron chi connectivity index (χ1n) is 40.2. The average molecular weight is 1710 g/mol. The van der Waals surface area contributed by atoms with Crippen LogP contribution in [0.4, 0.5) is 37.0 Å². The molecule has 38 heteroatoms. The lowest BCUT2D eigenvalue weighted by atomic mass is 10.0. The van der Waals surface area contributed by atoms with Crippen molar-refractivity contribution in [2.24, 2.45) is 47.3 Å². The molecule has 4 saturated carbocycles. The number of ether oxygens (including phenoxy) is 5. The van der Waals surface area contributed by atoms with Crippen LogP contribution in [0.25, 0.3) is 44.1 Å². The van der Waals surface area contributed by atoms with E-state index < -0.39 is 5.60 Å². The van der Waals surface area contributed by atoms with E-state index in [1.165, 1.54) is 59.3 Å². The lowest BCUT2D eigenvalue weighted by Crippen LogP contribution is -2.37. The minimum absolute atomic E-state index is 0. The summed E-state index contributed by atoms with van der Waals surface area (Å²) in [4.78, 5) is 116. The van der Waals surface area contributed by atoms with Crippen LogP contribution in [0, 0.1) is 47.3 Å². The number of likely N-dealkylation sites (tertiary alicyclic amines) is 3. The summed E-state index contributed by atoms with van der Waals surface area (Å²) in [5.41, 5.74) is 2.61. The van der Waals surface area contributed by atoms with Gasteiger partial charge in [0.05, 0.1) is 42.2 Å². The molecule has 34 nitrogen and oxygen atoms in total. The smallest absolute Gasteiger partial charge is 0.410 e. The van der Waals surface area contributed by atoms with Crippen molar-refractivity contribution < 1.29 is 42.9 Å². The van der Waals surface area contributed by atoms with Crippen LogP contribution in [0.1, 0.15) is 97.9 Å². The van der Waals surface area contributed by atoms with Gasteiger partial charge in [-0.3, -0.25) is 10.1 Å². The third kappa shape index (κ3) is 21.3. The normalized spacial score (nSPS) is 23.0. The molecule has 4 unspecified atom stereocenters. The summed E-state index contributed by atoms with van der Waals surface area (Å²) in [5.74, 6) is 8.28. The minimum Gasteiger partial charge on any atom is -0.466 e. The SMILES string of the molecule is CN(c1ncnc2[nH]ccc12)C1C[C@@H]2CN(C(=O)OC(C)(C)C)C[C@@H]2C1.CN(c1ncnc2[nH]ccc12)C1C[C@H]2CNC[C@H]2C1.CNC1C[C@@H]2CN(C(=O)OC(C)(C)C)C[C@@H]2C1.COc1nsc(CC(=O)Oc2ccccc2)n1.COc1nsc(NC(=O)N2C[C@H]3CC(N(C)c4ncnc5[nH]ccc45)C[C@H]3C2)n1.Cl.Clc1ncnc2[nH]ccc12. The van der Waals surface area contributed by atoms with Crippen molar-refractivity contribution in [1.82, 2.24) is 104 Å². The van der Waals surface area contributed by atoms with Gasteiger partial charge in [-0.1, -0.05) is 29.8 Å². The summed E-state index contributed by atoms with van der Waals surface area (Å²) >= 11 is 7.97. The zero-order valence-corrected chi connectivity index (χ0v) is 72.3. The van der Waals surface area contributed by atoms with Crippen molar-refractivity contribution in [3.05, 3.63) is 115 Å². The number of nitrogens with zero attached hydrogens (tertiary/aromatic N) is 18. The first-order chi connectivity index (χ1) is 56.8. The number of carbonyl (C=O) groups is 4. The molecule has 8 fully saturated rings. The maximum Gasteiger partial charge on any atom is 0.410 e. The highest BCUT2D eigenvalue weighted by Crippen LogP contribution is 2.45. The van der Waals surface area contributed by atoms with Crippen LogP contribution in [0.2, 0.25) is 5.15 Å². The van der Waals surface area contributed by atoms with E-state index in [1.54, 1.807) is 49.4 Å². The monoisotopic (exact) mass is 1710 g/mol. The van der Waals surface area contributed by atoms with Gasteiger partial charge in [0.15, 0.2) is 0 Å². The van der Waals surface area contributed by atoms with E-state index in [2.05, 4.69) is 136 Å². The zero-order chi connectivity index (χ0) is 82.9. The van der Waals surface area contributed by atoms with Crippen LogP contribution < -0.4 is 44.9 Å². The molecule has 10 aromatic heterocycles. The van der Waals surface area contributed by atoms with Crippen molar-refractivity contribution >= 4 is 138 Å². The molecule has 12 atom stereocenters. The number of nitrogens with one attached hydrogen (secondary N) is 7. The first kappa shape index (κ1) is 86.4. The van der Waals surface area contributed by atoms with Crippen LogP contribution in [0.3, 0.4) is 0 Å². The Kier molecular flexibility index (Phi) is 27.8. The number of carbonyl (C=O) groups excluding carboxylic acids is 4. The van der Waals surface area contributed by atoms with E-state index in [4.69, 9.17) is 35.3 Å². The molecule has 19 rings (SSSR count).